The van der Waals surface area contributed by atoms with E-state index in [-0.39, 0.29) is 28.9 Å². The Hall–Kier alpha value is -2.43. The molecule has 0 radical (unpaired) electrons. The molecule has 4 aliphatic carbocycles. The lowest BCUT2D eigenvalue weighted by Crippen LogP contribution is -2.52. The van der Waals surface area contributed by atoms with E-state index in [1.54, 1.807) is 12.1 Å². The van der Waals surface area contributed by atoms with Crippen molar-refractivity contribution in [3.05, 3.63) is 47.5 Å². The second-order valence-electron chi connectivity index (χ2n) is 12.6. The maximum absolute atomic E-state index is 13.9. The van der Waals surface area contributed by atoms with Crippen molar-refractivity contribution >= 4 is 17.7 Å². The van der Waals surface area contributed by atoms with E-state index in [1.807, 2.05) is 18.2 Å². The Morgan fingerprint density at radius 1 is 1.05 bits per heavy atom. The van der Waals surface area contributed by atoms with Crippen molar-refractivity contribution in [3.63, 3.8) is 0 Å². The highest BCUT2D eigenvalue weighted by Gasteiger charge is 2.61. The fraction of sp³-hybridized carbons (Fsp3) is 0.656. The van der Waals surface area contributed by atoms with E-state index in [0.29, 0.717) is 47.4 Å². The molecule has 0 amide bonds. The first-order valence-corrected chi connectivity index (χ1v) is 14.3. The van der Waals surface area contributed by atoms with Gasteiger partial charge >= 0.3 is 11.9 Å². The summed E-state index contributed by atoms with van der Waals surface area (Å²) in [6.07, 6.45) is 10.3. The van der Waals surface area contributed by atoms with Gasteiger partial charge in [-0.1, -0.05) is 44.5 Å². The summed E-state index contributed by atoms with van der Waals surface area (Å²) in [5, 5.41) is 0. The van der Waals surface area contributed by atoms with Crippen LogP contribution in [0, 0.1) is 40.4 Å². The van der Waals surface area contributed by atoms with Crippen molar-refractivity contribution in [2.45, 2.75) is 84.7 Å². The lowest BCUT2D eigenvalue weighted by atomic mass is 9.48. The summed E-state index contributed by atoms with van der Waals surface area (Å²) in [5.41, 5.74) is 1.65. The summed E-state index contributed by atoms with van der Waals surface area (Å²) < 4.78 is 10.8. The molecule has 5 nitrogen and oxygen atoms in total. The first-order chi connectivity index (χ1) is 17.7. The number of hydrogen-bond acceptors (Lipinski definition) is 5. The molecule has 0 N–H and O–H groups in total. The standard InChI is InChI=1S/C32H42O5/c1-20(10-15-29(34)36-4)25-13-14-26-24-12-11-22-18-23(37-30(35)21-8-6-5-7-9-21)16-17-31(22,2)27(24)19-28(33)32(25,26)3/h5-9,19-20,22-26H,10-18H2,1-4H3/t20-,22-,23?,24+,25?,26+,31+,32-/m1/s1. The van der Waals surface area contributed by atoms with E-state index < -0.39 is 0 Å². The molecule has 1 aromatic rings. The summed E-state index contributed by atoms with van der Waals surface area (Å²) in [7, 11) is 1.44. The Morgan fingerprint density at radius 3 is 2.54 bits per heavy atom. The predicted molar refractivity (Wildman–Crippen MR) is 142 cm³/mol. The quantitative estimate of drug-likeness (QED) is 0.409. The van der Waals surface area contributed by atoms with Crippen LogP contribution in [0.4, 0.5) is 0 Å². The minimum atomic E-state index is -0.338. The van der Waals surface area contributed by atoms with Gasteiger partial charge in [-0.15, -0.1) is 0 Å². The molecule has 5 rings (SSSR count). The fourth-order valence-electron chi connectivity index (χ4n) is 8.77. The molecule has 200 valence electrons. The number of fused-ring (bicyclic) bond motifs is 5. The van der Waals surface area contributed by atoms with Gasteiger partial charge in [-0.25, -0.2) is 4.79 Å². The predicted octanol–water partition coefficient (Wildman–Crippen LogP) is 6.56. The van der Waals surface area contributed by atoms with Crippen LogP contribution < -0.4 is 0 Å². The monoisotopic (exact) mass is 506 g/mol. The number of methoxy groups -OCH3 is 1. The van der Waals surface area contributed by atoms with E-state index in [9.17, 15) is 14.4 Å². The number of rotatable bonds is 6. The molecule has 0 bridgehead atoms. The van der Waals surface area contributed by atoms with E-state index in [1.165, 1.54) is 12.7 Å². The Labute approximate surface area is 221 Å². The van der Waals surface area contributed by atoms with Gasteiger partial charge in [-0.2, -0.15) is 0 Å². The summed E-state index contributed by atoms with van der Waals surface area (Å²) in [5.74, 6) is 1.81. The van der Waals surface area contributed by atoms with Crippen molar-refractivity contribution in [2.75, 3.05) is 7.11 Å². The largest absolute Gasteiger partial charge is 0.469 e. The number of allylic oxidation sites excluding steroid dienone is 2. The second-order valence-corrected chi connectivity index (χ2v) is 12.6. The third kappa shape index (κ3) is 4.46. The van der Waals surface area contributed by atoms with Crippen molar-refractivity contribution < 1.29 is 23.9 Å². The molecule has 0 aromatic heterocycles. The fourth-order valence-corrected chi connectivity index (χ4v) is 8.77. The zero-order valence-corrected chi connectivity index (χ0v) is 22.8. The van der Waals surface area contributed by atoms with Gasteiger partial charge in [0.2, 0.25) is 0 Å². The van der Waals surface area contributed by atoms with Crippen LogP contribution in [-0.2, 0) is 19.1 Å². The van der Waals surface area contributed by atoms with Crippen LogP contribution in [-0.4, -0.2) is 30.9 Å². The van der Waals surface area contributed by atoms with Gasteiger partial charge in [0.15, 0.2) is 5.78 Å². The van der Waals surface area contributed by atoms with E-state index in [4.69, 9.17) is 9.47 Å². The SMILES string of the molecule is COC(=O)CC[C@@H](C)C1CC[C@H]2[C@@H]3CC[C@@H]4CC(OC(=O)c5ccccc5)CC[C@]4(C)C3=CC(=O)[C@]12C. The number of hydrogen-bond donors (Lipinski definition) is 0. The highest BCUT2D eigenvalue weighted by Crippen LogP contribution is 2.65. The van der Waals surface area contributed by atoms with Crippen LogP contribution in [0.5, 0.6) is 0 Å². The highest BCUT2D eigenvalue weighted by molar-refractivity contribution is 5.97. The van der Waals surface area contributed by atoms with Crippen molar-refractivity contribution in [1.82, 2.24) is 0 Å². The van der Waals surface area contributed by atoms with Crippen LogP contribution in [0.15, 0.2) is 42.0 Å². The highest BCUT2D eigenvalue weighted by atomic mass is 16.5. The molecule has 5 heteroatoms. The lowest BCUT2D eigenvalue weighted by molar-refractivity contribution is -0.141. The van der Waals surface area contributed by atoms with Crippen LogP contribution >= 0.6 is 0 Å². The molecular weight excluding hydrogens is 464 g/mol. The molecule has 0 aliphatic heterocycles. The molecule has 1 aromatic carbocycles. The number of esters is 2. The van der Waals surface area contributed by atoms with Crippen LogP contribution in [0.25, 0.3) is 0 Å². The minimum Gasteiger partial charge on any atom is -0.469 e. The molecule has 8 atom stereocenters. The molecule has 2 unspecified atom stereocenters. The smallest absolute Gasteiger partial charge is 0.338 e. The second kappa shape index (κ2) is 10.0. The minimum absolute atomic E-state index is 0.00411. The van der Waals surface area contributed by atoms with Gasteiger partial charge < -0.3 is 9.47 Å². The van der Waals surface area contributed by atoms with Crippen molar-refractivity contribution in [1.29, 1.82) is 0 Å². The third-order valence-corrected chi connectivity index (χ3v) is 11.0. The first kappa shape index (κ1) is 26.2. The van der Waals surface area contributed by atoms with Gasteiger partial charge in [0, 0.05) is 11.8 Å². The van der Waals surface area contributed by atoms with Gasteiger partial charge in [-0.3, -0.25) is 9.59 Å². The Balaban J connectivity index is 1.31. The average molecular weight is 507 g/mol. The van der Waals surface area contributed by atoms with Gasteiger partial charge in [0.05, 0.1) is 12.7 Å². The molecule has 3 saturated carbocycles. The van der Waals surface area contributed by atoms with Gasteiger partial charge in [-0.05, 0) is 105 Å². The van der Waals surface area contributed by atoms with Crippen LogP contribution in [0.2, 0.25) is 0 Å². The lowest BCUT2D eigenvalue weighted by Gasteiger charge is -2.56. The Kier molecular flexibility index (Phi) is 7.10. The summed E-state index contributed by atoms with van der Waals surface area (Å²) in [4.78, 5) is 38.3. The van der Waals surface area contributed by atoms with Crippen LogP contribution in [0.1, 0.15) is 88.9 Å². The maximum Gasteiger partial charge on any atom is 0.338 e. The summed E-state index contributed by atoms with van der Waals surface area (Å²) in [6.45, 7) is 6.80. The summed E-state index contributed by atoms with van der Waals surface area (Å²) >= 11 is 0. The number of carbonyl (C=O) groups excluding carboxylic acids is 3. The molecule has 0 heterocycles. The normalized spacial score (nSPS) is 37.5. The molecule has 37 heavy (non-hydrogen) atoms. The first-order valence-electron chi connectivity index (χ1n) is 14.3. The summed E-state index contributed by atoms with van der Waals surface area (Å²) in [6, 6.07) is 9.25. The third-order valence-electron chi connectivity index (χ3n) is 11.0. The zero-order valence-electron chi connectivity index (χ0n) is 22.8. The number of ketones is 1. The molecule has 4 aliphatic rings. The van der Waals surface area contributed by atoms with E-state index in [0.717, 1.165) is 51.4 Å². The topological polar surface area (TPSA) is 69.7 Å². The van der Waals surface area contributed by atoms with E-state index >= 15 is 0 Å². The number of carbonyl (C=O) groups is 3. The Morgan fingerprint density at radius 2 is 1.81 bits per heavy atom. The van der Waals surface area contributed by atoms with Crippen LogP contribution in [0.3, 0.4) is 0 Å². The van der Waals surface area contributed by atoms with Crippen molar-refractivity contribution in [2.24, 2.45) is 40.4 Å². The Bertz CT molecular complexity index is 1080. The molecule has 3 fully saturated rings. The van der Waals surface area contributed by atoms with Crippen molar-refractivity contribution in [3.8, 4) is 0 Å². The number of ether oxygens (including phenoxy) is 2. The molecule has 0 spiro atoms. The zero-order chi connectivity index (χ0) is 26.4. The molecular formula is C32H42O5. The maximum atomic E-state index is 13.9. The van der Waals surface area contributed by atoms with Gasteiger partial charge in [0.25, 0.3) is 0 Å². The molecule has 0 saturated heterocycles. The van der Waals surface area contributed by atoms with E-state index in [2.05, 4.69) is 26.8 Å². The number of benzene rings is 1. The van der Waals surface area contributed by atoms with Gasteiger partial charge in [0.1, 0.15) is 6.10 Å². The average Bonchev–Trinajstić information content (AvgIpc) is 3.27.